The molecular formula is C31H43NO2. The first-order chi connectivity index (χ1) is 16.6. The third kappa shape index (κ3) is 7.34. The first-order valence-electron chi connectivity index (χ1n) is 13.5. The van der Waals surface area contributed by atoms with E-state index in [-0.39, 0.29) is 18.1 Å². The fourth-order valence-electron chi connectivity index (χ4n) is 5.52. The van der Waals surface area contributed by atoms with E-state index in [2.05, 4.69) is 56.3 Å². The van der Waals surface area contributed by atoms with Gasteiger partial charge in [-0.25, -0.2) is 0 Å². The molecule has 0 aliphatic heterocycles. The standard InChI is InChI=1S/C31H43NO2/c1-3-5-6-7-20-31(24-32)21-8-10-28(23-31)27-13-11-25(12-14-27)26-15-17-30(18-16-26)34-29(9-4-2)19-22-33/h11-18,28-29,33H,3-10,19-23H2,1-2H3. The molecule has 3 rings (SSSR count). The minimum atomic E-state index is -0.128. The molecule has 0 saturated heterocycles. The molecule has 3 nitrogen and oxygen atoms in total. The van der Waals surface area contributed by atoms with Crippen LogP contribution in [0.15, 0.2) is 48.5 Å². The third-order valence-corrected chi connectivity index (χ3v) is 7.53. The molecule has 0 spiro atoms. The number of aliphatic hydroxyl groups is 1. The number of nitrogens with zero attached hydrogens (tertiary/aromatic N) is 1. The Morgan fingerprint density at radius 3 is 2.29 bits per heavy atom. The zero-order valence-electron chi connectivity index (χ0n) is 21.3. The quantitative estimate of drug-likeness (QED) is 0.305. The van der Waals surface area contributed by atoms with Crippen molar-refractivity contribution in [3.63, 3.8) is 0 Å². The van der Waals surface area contributed by atoms with Gasteiger partial charge in [0.1, 0.15) is 11.9 Å². The van der Waals surface area contributed by atoms with Gasteiger partial charge in [0, 0.05) is 13.0 Å². The Hall–Kier alpha value is -2.31. The Morgan fingerprint density at radius 2 is 1.68 bits per heavy atom. The van der Waals surface area contributed by atoms with Crippen molar-refractivity contribution in [3.8, 4) is 22.9 Å². The summed E-state index contributed by atoms with van der Waals surface area (Å²) in [4.78, 5) is 0. The first kappa shape index (κ1) is 26.3. The Morgan fingerprint density at radius 1 is 0.971 bits per heavy atom. The lowest BCUT2D eigenvalue weighted by molar-refractivity contribution is 0.145. The van der Waals surface area contributed by atoms with Crippen molar-refractivity contribution in [2.24, 2.45) is 5.41 Å². The van der Waals surface area contributed by atoms with Crippen LogP contribution >= 0.6 is 0 Å². The topological polar surface area (TPSA) is 53.2 Å². The number of rotatable bonds is 13. The Kier molecular flexibility index (Phi) is 10.5. The largest absolute Gasteiger partial charge is 0.490 e. The second kappa shape index (κ2) is 13.5. The average Bonchev–Trinajstić information content (AvgIpc) is 2.88. The van der Waals surface area contributed by atoms with Gasteiger partial charge in [-0.15, -0.1) is 0 Å². The molecule has 1 aliphatic carbocycles. The van der Waals surface area contributed by atoms with E-state index >= 15 is 0 Å². The molecule has 1 fully saturated rings. The summed E-state index contributed by atoms with van der Waals surface area (Å²) in [7, 11) is 0. The van der Waals surface area contributed by atoms with Gasteiger partial charge in [0.25, 0.3) is 0 Å². The maximum absolute atomic E-state index is 10.0. The highest BCUT2D eigenvalue weighted by Gasteiger charge is 2.36. The van der Waals surface area contributed by atoms with E-state index in [0.717, 1.165) is 44.3 Å². The van der Waals surface area contributed by atoms with Gasteiger partial charge in [0.2, 0.25) is 0 Å². The summed E-state index contributed by atoms with van der Waals surface area (Å²) in [5, 5.41) is 19.3. The van der Waals surface area contributed by atoms with Gasteiger partial charge in [-0.1, -0.05) is 88.8 Å². The van der Waals surface area contributed by atoms with Crippen LogP contribution in [0.4, 0.5) is 0 Å². The SMILES string of the molecule is CCCCCCC1(C#N)CCCC(c2ccc(-c3ccc(OC(CCC)CCO)cc3)cc2)C1. The Balaban J connectivity index is 1.62. The van der Waals surface area contributed by atoms with Crippen LogP contribution in [0.2, 0.25) is 0 Å². The fourth-order valence-corrected chi connectivity index (χ4v) is 5.52. The molecule has 1 aliphatic rings. The van der Waals surface area contributed by atoms with Gasteiger partial charge >= 0.3 is 0 Å². The summed E-state index contributed by atoms with van der Waals surface area (Å²) in [6.07, 6.45) is 13.2. The Bertz CT molecular complexity index is 877. The van der Waals surface area contributed by atoms with E-state index in [4.69, 9.17) is 4.74 Å². The van der Waals surface area contributed by atoms with Crippen molar-refractivity contribution < 1.29 is 9.84 Å². The van der Waals surface area contributed by atoms with Crippen molar-refractivity contribution in [2.75, 3.05) is 6.61 Å². The van der Waals surface area contributed by atoms with Crippen LogP contribution in [0.3, 0.4) is 0 Å². The summed E-state index contributed by atoms with van der Waals surface area (Å²) in [5.41, 5.74) is 3.64. The van der Waals surface area contributed by atoms with E-state index in [0.29, 0.717) is 12.3 Å². The smallest absolute Gasteiger partial charge is 0.119 e. The molecule has 184 valence electrons. The minimum Gasteiger partial charge on any atom is -0.490 e. The molecule has 3 heteroatoms. The molecule has 1 N–H and O–H groups in total. The van der Waals surface area contributed by atoms with Crippen LogP contribution in [0.1, 0.15) is 102 Å². The van der Waals surface area contributed by atoms with E-state index < -0.39 is 0 Å². The van der Waals surface area contributed by atoms with Crippen LogP contribution in [-0.4, -0.2) is 17.8 Å². The predicted octanol–water partition coefficient (Wildman–Crippen LogP) is 8.42. The molecule has 34 heavy (non-hydrogen) atoms. The van der Waals surface area contributed by atoms with Crippen LogP contribution < -0.4 is 4.74 Å². The number of hydrogen-bond acceptors (Lipinski definition) is 3. The third-order valence-electron chi connectivity index (χ3n) is 7.53. The molecular weight excluding hydrogens is 418 g/mol. The number of aliphatic hydroxyl groups excluding tert-OH is 1. The van der Waals surface area contributed by atoms with E-state index in [1.807, 2.05) is 12.1 Å². The molecule has 0 bridgehead atoms. The van der Waals surface area contributed by atoms with Gasteiger partial charge in [-0.3, -0.25) is 0 Å². The highest BCUT2D eigenvalue weighted by Crippen LogP contribution is 2.46. The molecule has 0 aromatic heterocycles. The van der Waals surface area contributed by atoms with Crippen LogP contribution in [0.25, 0.3) is 11.1 Å². The lowest BCUT2D eigenvalue weighted by Crippen LogP contribution is -2.26. The van der Waals surface area contributed by atoms with E-state index in [1.165, 1.54) is 48.8 Å². The lowest BCUT2D eigenvalue weighted by Gasteiger charge is -2.36. The van der Waals surface area contributed by atoms with Crippen LogP contribution in [-0.2, 0) is 0 Å². The maximum Gasteiger partial charge on any atom is 0.119 e. The second-order valence-electron chi connectivity index (χ2n) is 10.2. The zero-order chi connectivity index (χ0) is 24.2. The second-order valence-corrected chi connectivity index (χ2v) is 10.2. The number of hydrogen-bond donors (Lipinski definition) is 1. The van der Waals surface area contributed by atoms with Crippen molar-refractivity contribution in [1.29, 1.82) is 5.26 Å². The Labute approximate surface area is 207 Å². The number of ether oxygens (including phenoxy) is 1. The molecule has 3 unspecified atom stereocenters. The predicted molar refractivity (Wildman–Crippen MR) is 141 cm³/mol. The zero-order valence-corrected chi connectivity index (χ0v) is 21.3. The molecule has 0 radical (unpaired) electrons. The highest BCUT2D eigenvalue weighted by atomic mass is 16.5. The summed E-state index contributed by atoms with van der Waals surface area (Å²) >= 11 is 0. The van der Waals surface area contributed by atoms with Crippen molar-refractivity contribution >= 4 is 0 Å². The van der Waals surface area contributed by atoms with E-state index in [9.17, 15) is 10.4 Å². The summed E-state index contributed by atoms with van der Waals surface area (Å²) in [5.74, 6) is 1.35. The van der Waals surface area contributed by atoms with Crippen molar-refractivity contribution in [3.05, 3.63) is 54.1 Å². The highest BCUT2D eigenvalue weighted by molar-refractivity contribution is 5.64. The number of nitriles is 1. The van der Waals surface area contributed by atoms with Gasteiger partial charge in [-0.2, -0.15) is 5.26 Å². The first-order valence-corrected chi connectivity index (χ1v) is 13.5. The number of benzene rings is 2. The molecule has 0 heterocycles. The average molecular weight is 462 g/mol. The molecule has 0 amide bonds. The molecule has 2 aromatic rings. The molecule has 2 aromatic carbocycles. The van der Waals surface area contributed by atoms with Gasteiger partial charge < -0.3 is 9.84 Å². The maximum atomic E-state index is 10.0. The molecule has 3 atom stereocenters. The van der Waals surface area contributed by atoms with Gasteiger partial charge in [0.15, 0.2) is 0 Å². The fraction of sp³-hybridized carbons (Fsp3) is 0.581. The summed E-state index contributed by atoms with van der Waals surface area (Å²) in [6, 6.07) is 20.0. The van der Waals surface area contributed by atoms with Crippen LogP contribution in [0.5, 0.6) is 5.75 Å². The minimum absolute atomic E-state index is 0.0720. The molecule has 1 saturated carbocycles. The van der Waals surface area contributed by atoms with Gasteiger partial charge in [-0.05, 0) is 66.8 Å². The normalized spacial score (nSPS) is 21.1. The van der Waals surface area contributed by atoms with Crippen molar-refractivity contribution in [2.45, 2.75) is 103 Å². The van der Waals surface area contributed by atoms with Crippen molar-refractivity contribution in [1.82, 2.24) is 0 Å². The van der Waals surface area contributed by atoms with Gasteiger partial charge in [0.05, 0.1) is 11.5 Å². The summed E-state index contributed by atoms with van der Waals surface area (Å²) < 4.78 is 6.07. The van der Waals surface area contributed by atoms with Crippen LogP contribution in [0, 0.1) is 16.7 Å². The lowest BCUT2D eigenvalue weighted by atomic mass is 9.66. The van der Waals surface area contributed by atoms with E-state index in [1.54, 1.807) is 0 Å². The number of unbranched alkanes of at least 4 members (excludes halogenated alkanes) is 3. The monoisotopic (exact) mass is 461 g/mol. The summed E-state index contributed by atoms with van der Waals surface area (Å²) in [6.45, 7) is 4.54.